The molecule has 1 N–H and O–H groups in total. The van der Waals surface area contributed by atoms with Gasteiger partial charge in [0.2, 0.25) is 5.91 Å². The molecule has 16 heavy (non-hydrogen) atoms. The third-order valence-electron chi connectivity index (χ3n) is 4.38. The van der Waals surface area contributed by atoms with E-state index in [4.69, 9.17) is 0 Å². The van der Waals surface area contributed by atoms with Crippen LogP contribution in [-0.2, 0) is 4.79 Å². The van der Waals surface area contributed by atoms with Gasteiger partial charge in [-0.3, -0.25) is 10.1 Å². The van der Waals surface area contributed by atoms with Gasteiger partial charge in [-0.2, -0.15) is 0 Å². The number of amides is 1. The van der Waals surface area contributed by atoms with E-state index in [1.165, 1.54) is 25.7 Å². The number of nitrogens with one attached hydrogen (secondary N) is 1. The highest BCUT2D eigenvalue weighted by Crippen LogP contribution is 2.41. The van der Waals surface area contributed by atoms with Crippen LogP contribution in [0.4, 0.5) is 0 Å². The molecule has 1 saturated heterocycles. The maximum atomic E-state index is 12.6. The third kappa shape index (κ3) is 1.48. The van der Waals surface area contributed by atoms with E-state index in [-0.39, 0.29) is 5.54 Å². The first-order valence-electron chi connectivity index (χ1n) is 6.87. The molecule has 0 aromatic heterocycles. The van der Waals surface area contributed by atoms with Gasteiger partial charge in [-0.15, -0.1) is 0 Å². The van der Waals surface area contributed by atoms with Crippen LogP contribution < -0.4 is 5.32 Å². The Bertz CT molecular complexity index is 292. The highest BCUT2D eigenvalue weighted by Gasteiger charge is 2.55. The zero-order chi connectivity index (χ0) is 11.2. The molecule has 3 aliphatic rings. The Morgan fingerprint density at radius 2 is 2.06 bits per heavy atom. The van der Waals surface area contributed by atoms with Gasteiger partial charge in [0.25, 0.3) is 0 Å². The van der Waals surface area contributed by atoms with E-state index in [0.717, 1.165) is 25.7 Å². The molecule has 1 heterocycles. The fourth-order valence-electron chi connectivity index (χ4n) is 3.43. The molecular formula is C13H22N2O. The monoisotopic (exact) mass is 222 g/mol. The second-order valence-corrected chi connectivity index (χ2v) is 5.68. The fraction of sp³-hybridized carbons (Fsp3) is 0.923. The minimum atomic E-state index is -0.150. The summed E-state index contributed by atoms with van der Waals surface area (Å²) >= 11 is 0. The Hall–Kier alpha value is -0.570. The number of hydrogen-bond donors (Lipinski definition) is 1. The van der Waals surface area contributed by atoms with Crippen LogP contribution >= 0.6 is 0 Å². The van der Waals surface area contributed by atoms with Crippen LogP contribution in [0.5, 0.6) is 0 Å². The van der Waals surface area contributed by atoms with Crippen molar-refractivity contribution in [3.63, 3.8) is 0 Å². The Balaban J connectivity index is 1.82. The van der Waals surface area contributed by atoms with Crippen LogP contribution in [0.3, 0.4) is 0 Å². The maximum absolute atomic E-state index is 12.6. The number of hydrogen-bond acceptors (Lipinski definition) is 2. The molecule has 3 nitrogen and oxygen atoms in total. The smallest absolute Gasteiger partial charge is 0.244 e. The Labute approximate surface area is 97.6 Å². The van der Waals surface area contributed by atoms with Crippen molar-refractivity contribution in [3.8, 4) is 0 Å². The number of carbonyl (C=O) groups is 1. The SMILES string of the molecule is CCCC1NC2(CCCC2)C(=O)N1C1CC1. The second-order valence-electron chi connectivity index (χ2n) is 5.68. The van der Waals surface area contributed by atoms with E-state index < -0.39 is 0 Å². The molecule has 0 aromatic rings. The molecule has 90 valence electrons. The van der Waals surface area contributed by atoms with Gasteiger partial charge in [0, 0.05) is 6.04 Å². The molecule has 0 aromatic carbocycles. The maximum Gasteiger partial charge on any atom is 0.244 e. The number of carbonyl (C=O) groups excluding carboxylic acids is 1. The van der Waals surface area contributed by atoms with Gasteiger partial charge in [0.1, 0.15) is 0 Å². The number of rotatable bonds is 3. The average Bonchev–Trinajstić information content (AvgIpc) is 2.92. The van der Waals surface area contributed by atoms with Gasteiger partial charge in [0.15, 0.2) is 0 Å². The molecule has 0 radical (unpaired) electrons. The van der Waals surface area contributed by atoms with E-state index >= 15 is 0 Å². The van der Waals surface area contributed by atoms with Gasteiger partial charge in [0.05, 0.1) is 11.7 Å². The normalized spacial score (nSPS) is 32.9. The van der Waals surface area contributed by atoms with Crippen molar-refractivity contribution in [2.45, 2.75) is 76.0 Å². The lowest BCUT2D eigenvalue weighted by Gasteiger charge is -2.23. The summed E-state index contributed by atoms with van der Waals surface area (Å²) in [5.41, 5.74) is -0.150. The predicted octanol–water partition coefficient (Wildman–Crippen LogP) is 2.02. The van der Waals surface area contributed by atoms with Crippen molar-refractivity contribution in [2.75, 3.05) is 0 Å². The largest absolute Gasteiger partial charge is 0.323 e. The summed E-state index contributed by atoms with van der Waals surface area (Å²) in [6.07, 6.45) is 9.63. The molecule has 1 atom stereocenters. The number of nitrogens with zero attached hydrogens (tertiary/aromatic N) is 1. The standard InChI is InChI=1S/C13H22N2O/c1-2-5-11-14-13(8-3-4-9-13)12(16)15(11)10-6-7-10/h10-11,14H,2-9H2,1H3. The molecule has 3 rings (SSSR count). The lowest BCUT2D eigenvalue weighted by Crippen LogP contribution is -2.44. The summed E-state index contributed by atoms with van der Waals surface area (Å²) in [6, 6.07) is 0.566. The lowest BCUT2D eigenvalue weighted by atomic mass is 9.98. The minimum absolute atomic E-state index is 0.150. The van der Waals surface area contributed by atoms with Gasteiger partial charge in [-0.05, 0) is 32.1 Å². The molecule has 2 aliphatic carbocycles. The van der Waals surface area contributed by atoms with Crippen molar-refractivity contribution in [2.24, 2.45) is 0 Å². The van der Waals surface area contributed by atoms with E-state index in [0.29, 0.717) is 18.1 Å². The topological polar surface area (TPSA) is 32.3 Å². The van der Waals surface area contributed by atoms with Crippen LogP contribution in [0.15, 0.2) is 0 Å². The van der Waals surface area contributed by atoms with Crippen LogP contribution in [-0.4, -0.2) is 28.6 Å². The molecule has 2 saturated carbocycles. The predicted molar refractivity (Wildman–Crippen MR) is 62.9 cm³/mol. The van der Waals surface area contributed by atoms with Crippen molar-refractivity contribution in [1.82, 2.24) is 10.2 Å². The summed E-state index contributed by atoms with van der Waals surface area (Å²) in [7, 11) is 0. The molecular weight excluding hydrogens is 200 g/mol. The molecule has 3 fully saturated rings. The van der Waals surface area contributed by atoms with Gasteiger partial charge >= 0.3 is 0 Å². The van der Waals surface area contributed by atoms with E-state index in [2.05, 4.69) is 17.1 Å². The first-order valence-corrected chi connectivity index (χ1v) is 6.87. The van der Waals surface area contributed by atoms with Crippen LogP contribution in [0.25, 0.3) is 0 Å². The summed E-state index contributed by atoms with van der Waals surface area (Å²) in [4.78, 5) is 14.7. The molecule has 1 aliphatic heterocycles. The third-order valence-corrected chi connectivity index (χ3v) is 4.38. The Kier molecular flexibility index (Phi) is 2.46. The second kappa shape index (κ2) is 3.73. The molecule has 1 amide bonds. The first-order chi connectivity index (χ1) is 7.77. The van der Waals surface area contributed by atoms with Crippen molar-refractivity contribution >= 4 is 5.91 Å². The Morgan fingerprint density at radius 1 is 1.38 bits per heavy atom. The van der Waals surface area contributed by atoms with Gasteiger partial charge in [-0.25, -0.2) is 0 Å². The molecule has 1 unspecified atom stereocenters. The van der Waals surface area contributed by atoms with Crippen LogP contribution in [0.1, 0.15) is 58.3 Å². The first kappa shape index (κ1) is 10.6. The molecule has 1 spiro atoms. The van der Waals surface area contributed by atoms with E-state index in [1.807, 2.05) is 0 Å². The van der Waals surface area contributed by atoms with Gasteiger partial charge < -0.3 is 4.90 Å². The molecule has 0 bridgehead atoms. The molecule has 3 heteroatoms. The van der Waals surface area contributed by atoms with Crippen LogP contribution in [0, 0.1) is 0 Å². The van der Waals surface area contributed by atoms with Crippen molar-refractivity contribution < 1.29 is 4.79 Å². The van der Waals surface area contributed by atoms with Crippen molar-refractivity contribution in [1.29, 1.82) is 0 Å². The van der Waals surface area contributed by atoms with E-state index in [9.17, 15) is 4.79 Å². The van der Waals surface area contributed by atoms with Gasteiger partial charge in [-0.1, -0.05) is 26.2 Å². The summed E-state index contributed by atoms with van der Waals surface area (Å²) in [5, 5.41) is 3.66. The quantitative estimate of drug-likeness (QED) is 0.792. The highest BCUT2D eigenvalue weighted by atomic mass is 16.2. The van der Waals surface area contributed by atoms with Crippen LogP contribution in [0.2, 0.25) is 0 Å². The summed E-state index contributed by atoms with van der Waals surface area (Å²) in [5.74, 6) is 0.422. The lowest BCUT2D eigenvalue weighted by molar-refractivity contribution is -0.133. The minimum Gasteiger partial charge on any atom is -0.323 e. The average molecular weight is 222 g/mol. The summed E-state index contributed by atoms with van der Waals surface area (Å²) < 4.78 is 0. The fourth-order valence-corrected chi connectivity index (χ4v) is 3.43. The highest BCUT2D eigenvalue weighted by molar-refractivity contribution is 5.89. The Morgan fingerprint density at radius 3 is 2.62 bits per heavy atom. The van der Waals surface area contributed by atoms with Crippen molar-refractivity contribution in [3.05, 3.63) is 0 Å². The zero-order valence-electron chi connectivity index (χ0n) is 10.2. The van der Waals surface area contributed by atoms with E-state index in [1.54, 1.807) is 0 Å². The zero-order valence-corrected chi connectivity index (χ0v) is 10.2. The summed E-state index contributed by atoms with van der Waals surface area (Å²) in [6.45, 7) is 2.21.